The van der Waals surface area contributed by atoms with Crippen LogP contribution in [0.3, 0.4) is 0 Å². The minimum atomic E-state index is -0.298. The first-order valence-electron chi connectivity index (χ1n) is 8.17. The predicted molar refractivity (Wildman–Crippen MR) is 96.4 cm³/mol. The van der Waals surface area contributed by atoms with Gasteiger partial charge in [-0.25, -0.2) is 4.98 Å². The molecular weight excluding hydrogens is 306 g/mol. The number of aromatic nitrogens is 1. The molecule has 0 saturated carbocycles. The van der Waals surface area contributed by atoms with E-state index in [1.165, 1.54) is 35.3 Å². The average Bonchev–Trinajstić information content (AvgIpc) is 2.85. The van der Waals surface area contributed by atoms with Crippen LogP contribution in [0, 0.1) is 13.8 Å². The number of hydrogen-bond donors (Lipinski definition) is 2. The molecule has 0 aliphatic heterocycles. The fourth-order valence-corrected chi connectivity index (χ4v) is 3.77. The van der Waals surface area contributed by atoms with E-state index in [2.05, 4.69) is 33.8 Å². The number of rotatable bonds is 4. The Bertz CT molecular complexity index is 704. The van der Waals surface area contributed by atoms with E-state index in [0.29, 0.717) is 5.13 Å². The van der Waals surface area contributed by atoms with Crippen molar-refractivity contribution < 1.29 is 4.79 Å². The Labute approximate surface area is 141 Å². The highest BCUT2D eigenvalue weighted by Crippen LogP contribution is 2.28. The molecule has 1 aliphatic carbocycles. The van der Waals surface area contributed by atoms with Crippen molar-refractivity contribution in [2.75, 3.05) is 10.6 Å². The van der Waals surface area contributed by atoms with Crippen LogP contribution in [-0.2, 0) is 17.6 Å². The fourth-order valence-electron chi connectivity index (χ4n) is 2.96. The molecule has 1 heterocycles. The number of nitrogens with zero attached hydrogens (tertiary/aromatic N) is 1. The van der Waals surface area contributed by atoms with Crippen molar-refractivity contribution in [1.82, 2.24) is 4.98 Å². The standard InChI is InChI=1S/C18H23N3OS/c1-11-13(3)23-18(20-11)21-17(22)12(2)19-16-10-6-8-14-7-4-5-9-15(14)16/h6,8,10,12,19H,4-5,7,9H2,1-3H3,(H,20,21,22). The molecule has 1 aliphatic rings. The van der Waals surface area contributed by atoms with Gasteiger partial charge in [0.2, 0.25) is 5.91 Å². The highest BCUT2D eigenvalue weighted by molar-refractivity contribution is 7.15. The lowest BCUT2D eigenvalue weighted by Crippen LogP contribution is -2.32. The van der Waals surface area contributed by atoms with Crippen molar-refractivity contribution in [3.8, 4) is 0 Å². The summed E-state index contributed by atoms with van der Waals surface area (Å²) in [5, 5.41) is 6.96. The number of amides is 1. The molecule has 5 heteroatoms. The summed E-state index contributed by atoms with van der Waals surface area (Å²) >= 11 is 1.52. The van der Waals surface area contributed by atoms with Gasteiger partial charge in [0.25, 0.3) is 0 Å². The van der Waals surface area contributed by atoms with Gasteiger partial charge < -0.3 is 10.6 Å². The van der Waals surface area contributed by atoms with Crippen LogP contribution in [0.1, 0.15) is 41.5 Å². The van der Waals surface area contributed by atoms with Gasteiger partial charge in [0, 0.05) is 10.6 Å². The third-order valence-corrected chi connectivity index (χ3v) is 5.41. The maximum absolute atomic E-state index is 12.4. The van der Waals surface area contributed by atoms with Gasteiger partial charge in [0.05, 0.1) is 5.69 Å². The number of carbonyl (C=O) groups is 1. The quantitative estimate of drug-likeness (QED) is 0.889. The van der Waals surface area contributed by atoms with E-state index in [1.807, 2.05) is 20.8 Å². The third kappa shape index (κ3) is 3.55. The SMILES string of the molecule is Cc1nc(NC(=O)C(C)Nc2cccc3c2CCCC3)sc1C. The molecule has 2 aromatic rings. The summed E-state index contributed by atoms with van der Waals surface area (Å²) in [5.41, 5.74) is 4.86. The van der Waals surface area contributed by atoms with E-state index in [-0.39, 0.29) is 11.9 Å². The molecule has 23 heavy (non-hydrogen) atoms. The zero-order valence-electron chi connectivity index (χ0n) is 13.9. The van der Waals surface area contributed by atoms with Gasteiger partial charge in [-0.05, 0) is 63.6 Å². The van der Waals surface area contributed by atoms with E-state index >= 15 is 0 Å². The van der Waals surface area contributed by atoms with E-state index in [0.717, 1.165) is 29.1 Å². The molecule has 4 nitrogen and oxygen atoms in total. The second-order valence-electron chi connectivity index (χ2n) is 6.17. The normalized spacial score (nSPS) is 14.9. The van der Waals surface area contributed by atoms with Crippen LogP contribution in [0.2, 0.25) is 0 Å². The third-order valence-electron chi connectivity index (χ3n) is 4.42. The van der Waals surface area contributed by atoms with Gasteiger partial charge >= 0.3 is 0 Å². The van der Waals surface area contributed by atoms with Crippen LogP contribution in [0.15, 0.2) is 18.2 Å². The maximum Gasteiger partial charge on any atom is 0.248 e. The van der Waals surface area contributed by atoms with Crippen molar-refractivity contribution in [2.45, 2.75) is 52.5 Å². The molecule has 1 unspecified atom stereocenters. The topological polar surface area (TPSA) is 54.0 Å². The average molecular weight is 329 g/mol. The Kier molecular flexibility index (Phi) is 4.66. The van der Waals surface area contributed by atoms with Crippen molar-refractivity contribution >= 4 is 28.1 Å². The number of aryl methyl sites for hydroxylation is 3. The van der Waals surface area contributed by atoms with Crippen molar-refractivity contribution in [1.29, 1.82) is 0 Å². The van der Waals surface area contributed by atoms with Crippen molar-refractivity contribution in [3.05, 3.63) is 39.9 Å². The summed E-state index contributed by atoms with van der Waals surface area (Å²) in [4.78, 5) is 17.9. The first kappa shape index (κ1) is 16.0. The summed E-state index contributed by atoms with van der Waals surface area (Å²) in [5.74, 6) is -0.0489. The first-order valence-corrected chi connectivity index (χ1v) is 8.98. The van der Waals surface area contributed by atoms with Crippen LogP contribution < -0.4 is 10.6 Å². The van der Waals surface area contributed by atoms with Crippen LogP contribution in [0.25, 0.3) is 0 Å². The van der Waals surface area contributed by atoms with Gasteiger partial charge in [-0.3, -0.25) is 4.79 Å². The minimum absolute atomic E-state index is 0.0489. The number of hydrogen-bond acceptors (Lipinski definition) is 4. The summed E-state index contributed by atoms with van der Waals surface area (Å²) in [6.07, 6.45) is 4.72. The van der Waals surface area contributed by atoms with Gasteiger partial charge in [-0.15, -0.1) is 11.3 Å². The molecule has 0 saturated heterocycles. The summed E-state index contributed by atoms with van der Waals surface area (Å²) < 4.78 is 0. The molecule has 1 aromatic carbocycles. The Hall–Kier alpha value is -1.88. The Morgan fingerprint density at radius 2 is 2.04 bits per heavy atom. The summed E-state index contributed by atoms with van der Waals surface area (Å²) in [7, 11) is 0. The maximum atomic E-state index is 12.4. The van der Waals surface area contributed by atoms with Crippen LogP contribution >= 0.6 is 11.3 Å². The van der Waals surface area contributed by atoms with Crippen molar-refractivity contribution in [2.24, 2.45) is 0 Å². The van der Waals surface area contributed by atoms with Gasteiger partial charge in [-0.1, -0.05) is 12.1 Å². The van der Waals surface area contributed by atoms with Crippen LogP contribution in [-0.4, -0.2) is 16.9 Å². The molecular formula is C18H23N3OS. The first-order chi connectivity index (χ1) is 11.0. The Morgan fingerprint density at radius 3 is 2.78 bits per heavy atom. The Balaban J connectivity index is 1.69. The molecule has 0 radical (unpaired) electrons. The second kappa shape index (κ2) is 6.71. The highest BCUT2D eigenvalue weighted by Gasteiger charge is 2.18. The number of fused-ring (bicyclic) bond motifs is 1. The lowest BCUT2D eigenvalue weighted by molar-refractivity contribution is -0.116. The largest absolute Gasteiger partial charge is 0.374 e. The number of anilines is 2. The van der Waals surface area contributed by atoms with Crippen molar-refractivity contribution in [3.63, 3.8) is 0 Å². The number of nitrogens with one attached hydrogen (secondary N) is 2. The smallest absolute Gasteiger partial charge is 0.248 e. The van der Waals surface area contributed by atoms with E-state index < -0.39 is 0 Å². The molecule has 0 fully saturated rings. The molecule has 122 valence electrons. The molecule has 0 bridgehead atoms. The summed E-state index contributed by atoms with van der Waals surface area (Å²) in [6.45, 7) is 5.87. The van der Waals surface area contributed by atoms with E-state index in [1.54, 1.807) is 0 Å². The minimum Gasteiger partial charge on any atom is -0.374 e. The van der Waals surface area contributed by atoms with Crippen LogP contribution in [0.5, 0.6) is 0 Å². The zero-order valence-corrected chi connectivity index (χ0v) is 14.7. The molecule has 1 amide bonds. The zero-order chi connectivity index (χ0) is 16.4. The molecule has 3 rings (SSSR count). The monoisotopic (exact) mass is 329 g/mol. The van der Waals surface area contributed by atoms with E-state index in [4.69, 9.17) is 0 Å². The number of carbonyl (C=O) groups excluding carboxylic acids is 1. The lowest BCUT2D eigenvalue weighted by atomic mass is 9.90. The van der Waals surface area contributed by atoms with Gasteiger partial charge in [0.15, 0.2) is 5.13 Å². The predicted octanol–water partition coefficient (Wildman–Crippen LogP) is 4.08. The molecule has 1 aromatic heterocycles. The number of thiazole rings is 1. The Morgan fingerprint density at radius 1 is 1.26 bits per heavy atom. The van der Waals surface area contributed by atoms with E-state index in [9.17, 15) is 4.79 Å². The highest BCUT2D eigenvalue weighted by atomic mass is 32.1. The molecule has 2 N–H and O–H groups in total. The molecule has 1 atom stereocenters. The van der Waals surface area contributed by atoms with Gasteiger partial charge in [0.1, 0.15) is 6.04 Å². The molecule has 0 spiro atoms. The lowest BCUT2D eigenvalue weighted by Gasteiger charge is -2.22. The fraction of sp³-hybridized carbons (Fsp3) is 0.444. The number of benzene rings is 1. The second-order valence-corrected chi connectivity index (χ2v) is 7.37. The summed E-state index contributed by atoms with van der Waals surface area (Å²) in [6, 6.07) is 6.05. The van der Waals surface area contributed by atoms with Crippen LogP contribution in [0.4, 0.5) is 10.8 Å². The van der Waals surface area contributed by atoms with Gasteiger partial charge in [-0.2, -0.15) is 0 Å².